The van der Waals surface area contributed by atoms with Crippen molar-refractivity contribution in [2.24, 2.45) is 35.3 Å². The number of aromatic hydroxyl groups is 2. The van der Waals surface area contributed by atoms with E-state index in [9.17, 15) is 50.1 Å². The summed E-state index contributed by atoms with van der Waals surface area (Å²) < 4.78 is 31.7. The number of hydrogen-bond donors (Lipinski definition) is 19. The van der Waals surface area contributed by atoms with Gasteiger partial charge in [0.2, 0.25) is 59.3 Å². The molecule has 10 amide bonds. The van der Waals surface area contributed by atoms with E-state index >= 15 is 28.8 Å². The highest BCUT2D eigenvalue weighted by molar-refractivity contribution is 6.32. The van der Waals surface area contributed by atoms with E-state index in [1.807, 2.05) is 20.8 Å². The first kappa shape index (κ1) is 83.2. The van der Waals surface area contributed by atoms with E-state index in [1.165, 1.54) is 92.8 Å². The number of phenols is 2. The maximum atomic E-state index is 16.5. The van der Waals surface area contributed by atoms with Gasteiger partial charge in [0, 0.05) is 30.4 Å². The molecular formula is C82H97ClN12O21. The molecule has 34 heteroatoms. The topological polar surface area (TPSA) is 500 Å². The van der Waals surface area contributed by atoms with Gasteiger partial charge in [-0.15, -0.1) is 0 Å². The van der Waals surface area contributed by atoms with Crippen molar-refractivity contribution >= 4 is 70.6 Å². The van der Waals surface area contributed by atoms with Crippen LogP contribution in [-0.4, -0.2) is 183 Å². The minimum atomic E-state index is -2.30. The molecule has 4 saturated carbocycles. The number of carbonyl (C=O) groups is 9. The number of urea groups is 1. The number of imide groups is 1. The van der Waals surface area contributed by atoms with Gasteiger partial charge in [-0.05, 0) is 225 Å². The lowest BCUT2D eigenvalue weighted by Gasteiger charge is -2.54. The lowest BCUT2D eigenvalue weighted by atomic mass is 9.54. The van der Waals surface area contributed by atoms with E-state index < -0.39 is 180 Å². The number of phenolic OH excluding ortho intramolecular Hbond substituents is 2. The van der Waals surface area contributed by atoms with Gasteiger partial charge in [0.1, 0.15) is 108 Å². The highest BCUT2D eigenvalue weighted by Gasteiger charge is 2.51. The number of anilines is 1. The first-order valence-electron chi connectivity index (χ1n) is 38.8. The summed E-state index contributed by atoms with van der Waals surface area (Å²) in [7, 11) is 1.50. The molecule has 14 atom stereocenters. The smallest absolute Gasteiger partial charge is 0.325 e. The fourth-order valence-corrected chi connectivity index (χ4v) is 17.2. The van der Waals surface area contributed by atoms with Gasteiger partial charge in [-0.3, -0.25) is 43.7 Å². The van der Waals surface area contributed by atoms with Crippen LogP contribution in [0.5, 0.6) is 46.0 Å². The molecule has 20 N–H and O–H groups in total. The van der Waals surface area contributed by atoms with Gasteiger partial charge in [0.25, 0.3) is 0 Å². The largest absolute Gasteiger partial charge is 0.508 e. The second-order valence-corrected chi connectivity index (χ2v) is 31.7. The number of rotatable bonds is 18. The molecule has 6 aliphatic heterocycles. The van der Waals surface area contributed by atoms with Gasteiger partial charge in [-0.1, -0.05) is 50.6 Å². The molecule has 0 unspecified atom stereocenters. The number of carbonyl (C=O) groups excluding carboxylic acids is 9. The number of aryl methyl sites for hydroxylation is 2. The fraction of sp³-hybridized carbons (Fsp3) is 0.451. The lowest BCUT2D eigenvalue weighted by Crippen LogP contribution is -2.60. The average Bonchev–Trinajstić information content (AvgIpc) is 0.757. The first-order chi connectivity index (χ1) is 55.4. The zero-order valence-electron chi connectivity index (χ0n) is 64.4. The second-order valence-electron chi connectivity index (χ2n) is 31.3. The maximum Gasteiger partial charge on any atom is 0.325 e. The van der Waals surface area contributed by atoms with Gasteiger partial charge in [0.15, 0.2) is 11.5 Å². The number of ether oxygens (including phenoxy) is 5. The van der Waals surface area contributed by atoms with Crippen molar-refractivity contribution in [1.29, 1.82) is 0 Å². The van der Waals surface area contributed by atoms with Crippen LogP contribution in [0.25, 0.3) is 11.1 Å². The van der Waals surface area contributed by atoms with Crippen LogP contribution in [0.2, 0.25) is 5.02 Å². The Morgan fingerprint density at radius 3 is 1.96 bits per heavy atom. The third kappa shape index (κ3) is 18.1. The molecule has 6 aromatic carbocycles. The third-order valence-electron chi connectivity index (χ3n) is 22.6. The van der Waals surface area contributed by atoms with Crippen molar-refractivity contribution in [3.63, 3.8) is 0 Å². The molecule has 4 aliphatic carbocycles. The molecule has 0 spiro atoms. The number of benzene rings is 6. The molecule has 0 aromatic heterocycles. The van der Waals surface area contributed by atoms with Crippen LogP contribution in [0.4, 0.5) is 10.5 Å². The van der Waals surface area contributed by atoms with Crippen molar-refractivity contribution in [3.05, 3.63) is 147 Å². The number of amides is 10. The molecule has 1 saturated heterocycles. The van der Waals surface area contributed by atoms with Crippen LogP contribution in [0, 0.1) is 43.4 Å². The minimum absolute atomic E-state index is 0.0292. The SMILES string of the molecule is CCNCCOc1ccc(NC(=O)NC(=O)C[C@@H]2NC(=O)[C@H](NC(=O)[C@@H](CC(C)C)NC)[C@H](O)c3ccc(c(C)c3)Oc3cc4cc(c3O[C@@H]3O[C@H](CN)[C@@H](O)[C@H](O)[C@H]3O)Oc3ccc(cc3Cl)[C@@H](O)[C@@H]3NC(=O)[C@H](NC(=O)[C@@H]4NC2=O)c2ccc(O)c(c2)-c2c(C)cc(O)cc2[C@@H](C(=O)NC2C4CC5CC(C4)CC2C5)NC3=O)cc1. The first-order valence-corrected chi connectivity index (χ1v) is 39.2. The summed E-state index contributed by atoms with van der Waals surface area (Å²) in [5.74, 6) is -10.4. The quantitative estimate of drug-likeness (QED) is 0.0544. The number of aliphatic hydroxyl groups excluding tert-OH is 5. The zero-order valence-corrected chi connectivity index (χ0v) is 65.2. The number of halogens is 1. The summed E-state index contributed by atoms with van der Waals surface area (Å²) in [6, 6.07) is 7.50. The summed E-state index contributed by atoms with van der Waals surface area (Å²) in [6.45, 7) is 9.90. The van der Waals surface area contributed by atoms with E-state index in [4.69, 9.17) is 41.0 Å². The number of nitrogens with two attached hydrogens (primary N) is 1. The van der Waals surface area contributed by atoms with Gasteiger partial charge in [0.05, 0.1) is 17.5 Å². The molecule has 618 valence electrons. The van der Waals surface area contributed by atoms with Crippen LogP contribution >= 0.6 is 11.6 Å². The number of nitrogens with one attached hydrogen (secondary N) is 11. The molecule has 6 heterocycles. The van der Waals surface area contributed by atoms with Crippen LogP contribution in [0.3, 0.4) is 0 Å². The second kappa shape index (κ2) is 35.4. The van der Waals surface area contributed by atoms with E-state index in [-0.39, 0.29) is 103 Å². The zero-order chi connectivity index (χ0) is 82.8. The molecule has 5 fully saturated rings. The van der Waals surface area contributed by atoms with Crippen LogP contribution in [0.15, 0.2) is 103 Å². The standard InChI is InChI=1S/C82H97ClN12O21/c1-7-86-18-19-112-48-13-11-46(12-14-48)87-82(111)89-60(98)33-53-75(105)91-64-45-30-57(113-55-16-9-41(21-36(55)4)68(99)66(79(109)88-53)94-74(104)52(85-6)20-35(2)3)73(116-81-72(103)71(102)70(101)59(34-84)115-81)58(31-45)114-56-17-10-42(29-51(56)83)69(100)67-80(110)93-65(78(108)90-62-43-24-38-23-39(26-43)27-44(62)25-38)50-32-47(96)22-37(5)61(50)49-28-40(8-15-54(49)97)63(76(106)95-67)92-77(64)107/h8-17,21-22,28-32,35,38-39,43-44,52-53,59,62-72,81,85-86,96-97,99-103H,7,18-20,23-27,33-34,84H2,1-6H3,(H,88,109)(H,90,108)(H,91,105)(H,92,107)(H,93,110)(H,94,104)(H,95,106)(H2,87,89,98,111)/t38?,39?,43?,44?,52-,53+,59-,62?,63-,64-,65+,66-,67+,68-,69-,70-,71+,72-,81+/m1/s1. The molecule has 15 bridgehead atoms. The predicted octanol–water partition coefficient (Wildman–Crippen LogP) is 3.80. The lowest BCUT2D eigenvalue weighted by molar-refractivity contribution is -0.270. The molecular weight excluding hydrogens is 1520 g/mol. The molecule has 10 aliphatic rings. The fourth-order valence-electron chi connectivity index (χ4n) is 17.0. The summed E-state index contributed by atoms with van der Waals surface area (Å²) in [5.41, 5.74) is 5.85. The third-order valence-corrected chi connectivity index (χ3v) is 22.9. The van der Waals surface area contributed by atoms with Crippen molar-refractivity contribution in [2.75, 3.05) is 38.6 Å². The highest BCUT2D eigenvalue weighted by atomic mass is 35.5. The Morgan fingerprint density at radius 2 is 1.30 bits per heavy atom. The van der Waals surface area contributed by atoms with E-state index in [1.54, 1.807) is 19.1 Å². The Hall–Kier alpha value is -10.7. The number of fused-ring (bicyclic) bond motifs is 15. The van der Waals surface area contributed by atoms with Crippen LogP contribution in [-0.2, 0) is 43.1 Å². The van der Waals surface area contributed by atoms with Gasteiger partial charge >= 0.3 is 6.03 Å². The van der Waals surface area contributed by atoms with E-state index in [2.05, 4.69) is 58.5 Å². The summed E-state index contributed by atoms with van der Waals surface area (Å²) >= 11 is 7.21. The Kier molecular flexibility index (Phi) is 25.4. The monoisotopic (exact) mass is 1620 g/mol. The average molecular weight is 1620 g/mol. The van der Waals surface area contributed by atoms with Crippen molar-refractivity contribution in [2.45, 2.75) is 171 Å². The Morgan fingerprint density at radius 1 is 0.655 bits per heavy atom. The summed E-state index contributed by atoms with van der Waals surface area (Å²) in [5, 5.41) is 112. The van der Waals surface area contributed by atoms with Crippen molar-refractivity contribution in [3.8, 4) is 57.1 Å². The maximum absolute atomic E-state index is 16.5. The van der Waals surface area contributed by atoms with Crippen LogP contribution in [0.1, 0.15) is 135 Å². The van der Waals surface area contributed by atoms with Crippen molar-refractivity contribution < 1.29 is 103 Å². The Bertz CT molecular complexity index is 4740. The van der Waals surface area contributed by atoms with Gasteiger partial charge in [-0.25, -0.2) is 4.79 Å². The van der Waals surface area contributed by atoms with E-state index in [0.717, 1.165) is 50.8 Å². The van der Waals surface area contributed by atoms with Gasteiger partial charge in [-0.2, -0.15) is 0 Å². The highest BCUT2D eigenvalue weighted by Crippen LogP contribution is 2.55. The van der Waals surface area contributed by atoms with Crippen LogP contribution < -0.4 is 83.2 Å². The number of likely N-dealkylation sites (N-methyl/N-ethyl adjacent to an activating group) is 2. The van der Waals surface area contributed by atoms with Crippen molar-refractivity contribution in [1.82, 2.24) is 53.2 Å². The molecule has 16 rings (SSSR count). The molecule has 6 aromatic rings. The normalized spacial score (nSPS) is 27.7. The minimum Gasteiger partial charge on any atom is -0.508 e. The van der Waals surface area contributed by atoms with E-state index in [0.29, 0.717) is 30.7 Å². The number of aliphatic hydroxyl groups is 5. The Balaban J connectivity index is 0.980. The summed E-state index contributed by atoms with van der Waals surface area (Å²) in [6.07, 6.45) is -9.60. The number of hydrogen-bond acceptors (Lipinski definition) is 24. The Labute approximate surface area is 672 Å². The molecule has 116 heavy (non-hydrogen) atoms. The summed E-state index contributed by atoms with van der Waals surface area (Å²) in [4.78, 5) is 138. The van der Waals surface area contributed by atoms with Gasteiger partial charge < -0.3 is 118 Å². The molecule has 0 radical (unpaired) electrons. The molecule has 33 nitrogen and oxygen atoms in total. The predicted molar refractivity (Wildman–Crippen MR) is 417 cm³/mol.